The van der Waals surface area contributed by atoms with Gasteiger partial charge in [-0.05, 0) is 49.7 Å². The van der Waals surface area contributed by atoms with Crippen LogP contribution in [0.4, 0.5) is 0 Å². The lowest BCUT2D eigenvalue weighted by Crippen LogP contribution is -2.60. The number of aryl methyl sites for hydroxylation is 1. The summed E-state index contributed by atoms with van der Waals surface area (Å²) in [6.07, 6.45) is 1.56. The van der Waals surface area contributed by atoms with Gasteiger partial charge in [0.25, 0.3) is 5.91 Å². The average Bonchev–Trinajstić information content (AvgIpc) is 3.23. The van der Waals surface area contributed by atoms with E-state index < -0.39 is 12.0 Å². The van der Waals surface area contributed by atoms with Crippen molar-refractivity contribution in [2.75, 3.05) is 26.3 Å². The number of nitrogens with zero attached hydrogens (tertiary/aromatic N) is 1. The first-order chi connectivity index (χ1) is 14.3. The molecule has 0 unspecified atom stereocenters. The summed E-state index contributed by atoms with van der Waals surface area (Å²) in [5.74, 6) is -1.22. The Labute approximate surface area is 188 Å². The molecule has 0 aromatic heterocycles. The molecule has 0 spiro atoms. The molecule has 0 bridgehead atoms. The van der Waals surface area contributed by atoms with Gasteiger partial charge >= 0.3 is 5.97 Å². The second-order valence-electron chi connectivity index (χ2n) is 7.25. The molecule has 0 aliphatic carbocycles. The van der Waals surface area contributed by atoms with Crippen LogP contribution in [0.3, 0.4) is 0 Å². The minimum atomic E-state index is -0.840. The normalized spacial score (nSPS) is 21.1. The number of piperazine rings is 1. The van der Waals surface area contributed by atoms with E-state index in [1.807, 2.05) is 13.0 Å². The lowest BCUT2D eigenvalue weighted by molar-refractivity contribution is -0.150. The first-order valence-corrected chi connectivity index (χ1v) is 11.0. The van der Waals surface area contributed by atoms with Gasteiger partial charge in [0.05, 0.1) is 12.5 Å². The van der Waals surface area contributed by atoms with Crippen LogP contribution in [0.15, 0.2) is 22.7 Å². The maximum atomic E-state index is 12.6. The van der Waals surface area contributed by atoms with E-state index in [1.54, 1.807) is 17.0 Å². The van der Waals surface area contributed by atoms with Crippen LogP contribution in [-0.4, -0.2) is 66.2 Å². The van der Waals surface area contributed by atoms with Gasteiger partial charge < -0.3 is 19.7 Å². The van der Waals surface area contributed by atoms with Gasteiger partial charge in [-0.2, -0.15) is 0 Å². The molecule has 2 amide bonds. The Morgan fingerprint density at radius 3 is 2.93 bits per heavy atom. The molecule has 3 rings (SSSR count). The Morgan fingerprint density at radius 2 is 2.23 bits per heavy atom. The molecule has 1 aromatic rings. The Bertz CT molecular complexity index is 844. The highest BCUT2D eigenvalue weighted by molar-refractivity contribution is 9.10. The first-order valence-electron chi connectivity index (χ1n) is 9.78. The van der Waals surface area contributed by atoms with E-state index in [4.69, 9.17) is 21.7 Å². The molecule has 2 saturated heterocycles. The molecule has 2 heterocycles. The fraction of sp³-hybridized carbons (Fsp3) is 0.500. The number of nitrogens with one attached hydrogen (secondary N) is 2. The van der Waals surface area contributed by atoms with Crippen LogP contribution in [0.5, 0.6) is 0 Å². The zero-order valence-corrected chi connectivity index (χ0v) is 19.0. The van der Waals surface area contributed by atoms with Crippen molar-refractivity contribution in [2.24, 2.45) is 0 Å². The summed E-state index contributed by atoms with van der Waals surface area (Å²) in [6.45, 7) is 3.52. The molecule has 2 aliphatic heterocycles. The molecule has 2 aliphatic rings. The number of carbonyl (C=O) groups excluding carboxylic acids is 3. The average molecular weight is 498 g/mol. The number of hydrogen-bond acceptors (Lipinski definition) is 6. The molecule has 0 radical (unpaired) electrons. The highest BCUT2D eigenvalue weighted by Gasteiger charge is 2.34. The van der Waals surface area contributed by atoms with Gasteiger partial charge in [0.1, 0.15) is 12.6 Å². The minimum absolute atomic E-state index is 0.0839. The SMILES string of the molecule is Cc1ccc(C(=O)NC(=S)N2CCNC(=O)[C@H]2CC(=O)OC[C@H]2CCCO2)cc1Br. The van der Waals surface area contributed by atoms with Crippen LogP contribution in [-0.2, 0) is 19.1 Å². The van der Waals surface area contributed by atoms with Crippen LogP contribution in [0, 0.1) is 6.92 Å². The van der Waals surface area contributed by atoms with Gasteiger partial charge in [-0.3, -0.25) is 19.7 Å². The number of ether oxygens (including phenoxy) is 2. The van der Waals surface area contributed by atoms with E-state index >= 15 is 0 Å². The summed E-state index contributed by atoms with van der Waals surface area (Å²) in [7, 11) is 0. The van der Waals surface area contributed by atoms with Crippen molar-refractivity contribution >= 4 is 51.0 Å². The van der Waals surface area contributed by atoms with E-state index in [-0.39, 0.29) is 36.1 Å². The number of benzene rings is 1. The number of rotatable bonds is 5. The third-order valence-corrected chi connectivity index (χ3v) is 6.25. The fourth-order valence-electron chi connectivity index (χ4n) is 3.31. The lowest BCUT2D eigenvalue weighted by atomic mass is 10.1. The van der Waals surface area contributed by atoms with Crippen molar-refractivity contribution < 1.29 is 23.9 Å². The van der Waals surface area contributed by atoms with Crippen molar-refractivity contribution in [2.45, 2.75) is 38.3 Å². The van der Waals surface area contributed by atoms with Gasteiger partial charge in [0.15, 0.2) is 5.11 Å². The monoisotopic (exact) mass is 497 g/mol. The number of halogens is 1. The minimum Gasteiger partial charge on any atom is -0.463 e. The van der Waals surface area contributed by atoms with Crippen LogP contribution < -0.4 is 10.6 Å². The molecular weight excluding hydrogens is 474 g/mol. The van der Waals surface area contributed by atoms with Crippen LogP contribution in [0.2, 0.25) is 0 Å². The van der Waals surface area contributed by atoms with Crippen molar-refractivity contribution in [3.8, 4) is 0 Å². The lowest BCUT2D eigenvalue weighted by Gasteiger charge is -2.36. The molecule has 2 N–H and O–H groups in total. The summed E-state index contributed by atoms with van der Waals surface area (Å²) in [5.41, 5.74) is 1.44. The Hall–Kier alpha value is -2.04. The quantitative estimate of drug-likeness (QED) is 0.471. The van der Waals surface area contributed by atoms with E-state index in [2.05, 4.69) is 26.6 Å². The number of carbonyl (C=O) groups is 3. The van der Waals surface area contributed by atoms with E-state index in [1.165, 1.54) is 0 Å². The highest BCUT2D eigenvalue weighted by Crippen LogP contribution is 2.18. The second kappa shape index (κ2) is 10.3. The maximum absolute atomic E-state index is 12.6. The number of amides is 2. The number of thiocarbonyl (C=S) groups is 1. The largest absolute Gasteiger partial charge is 0.463 e. The molecule has 162 valence electrons. The predicted molar refractivity (Wildman–Crippen MR) is 117 cm³/mol. The third kappa shape index (κ3) is 5.77. The maximum Gasteiger partial charge on any atom is 0.308 e. The van der Waals surface area contributed by atoms with Crippen LogP contribution in [0.1, 0.15) is 35.2 Å². The smallest absolute Gasteiger partial charge is 0.308 e. The molecule has 10 heteroatoms. The van der Waals surface area contributed by atoms with Crippen LogP contribution in [0.25, 0.3) is 0 Å². The van der Waals surface area contributed by atoms with E-state index in [0.717, 1.165) is 22.9 Å². The van der Waals surface area contributed by atoms with Crippen molar-refractivity contribution in [3.63, 3.8) is 0 Å². The summed E-state index contributed by atoms with van der Waals surface area (Å²) in [5, 5.41) is 5.49. The molecular formula is C20H24BrN3O5S. The molecule has 0 saturated carbocycles. The summed E-state index contributed by atoms with van der Waals surface area (Å²) in [4.78, 5) is 38.8. The zero-order chi connectivity index (χ0) is 21.7. The summed E-state index contributed by atoms with van der Waals surface area (Å²) in [6, 6.07) is 4.38. The number of hydrogen-bond donors (Lipinski definition) is 2. The molecule has 30 heavy (non-hydrogen) atoms. The van der Waals surface area contributed by atoms with Gasteiger partial charge in [-0.1, -0.05) is 22.0 Å². The van der Waals surface area contributed by atoms with Crippen LogP contribution >= 0.6 is 28.1 Å². The van der Waals surface area contributed by atoms with Gasteiger partial charge in [-0.25, -0.2) is 0 Å². The van der Waals surface area contributed by atoms with Gasteiger partial charge in [0, 0.05) is 29.7 Å². The van der Waals surface area contributed by atoms with E-state index in [9.17, 15) is 14.4 Å². The van der Waals surface area contributed by atoms with Crippen molar-refractivity contribution in [3.05, 3.63) is 33.8 Å². The summed E-state index contributed by atoms with van der Waals surface area (Å²) < 4.78 is 11.5. The Balaban J connectivity index is 1.60. The predicted octanol–water partition coefficient (Wildman–Crippen LogP) is 1.68. The van der Waals surface area contributed by atoms with Gasteiger partial charge in [-0.15, -0.1) is 0 Å². The van der Waals surface area contributed by atoms with E-state index in [0.29, 0.717) is 25.3 Å². The highest BCUT2D eigenvalue weighted by atomic mass is 79.9. The topological polar surface area (TPSA) is 97.0 Å². The third-order valence-electron chi connectivity index (χ3n) is 5.06. The Morgan fingerprint density at radius 1 is 1.43 bits per heavy atom. The standard InChI is InChI=1S/C20H24BrN3O5S/c1-12-4-5-13(9-15(12)21)18(26)23-20(30)24-7-6-22-19(27)16(24)10-17(25)29-11-14-3-2-8-28-14/h4-5,9,14,16H,2-3,6-8,10-11H2,1H3,(H,22,27)(H,23,26,30)/t14-,16-/m1/s1. The molecule has 1 aromatic carbocycles. The second-order valence-corrected chi connectivity index (χ2v) is 8.49. The molecule has 2 atom stereocenters. The Kier molecular flexibility index (Phi) is 7.79. The van der Waals surface area contributed by atoms with Crippen molar-refractivity contribution in [1.29, 1.82) is 0 Å². The fourth-order valence-corrected chi connectivity index (χ4v) is 4.00. The van der Waals surface area contributed by atoms with Crippen molar-refractivity contribution in [1.82, 2.24) is 15.5 Å². The zero-order valence-electron chi connectivity index (χ0n) is 16.6. The summed E-state index contributed by atoms with van der Waals surface area (Å²) >= 11 is 8.78. The van der Waals surface area contributed by atoms with Gasteiger partial charge in [0.2, 0.25) is 5.91 Å². The molecule has 8 nitrogen and oxygen atoms in total. The number of esters is 1. The first kappa shape index (κ1) is 22.6. The molecule has 2 fully saturated rings.